The van der Waals surface area contributed by atoms with Crippen molar-refractivity contribution < 1.29 is 8.78 Å². The molecule has 0 aliphatic rings. The maximum absolute atomic E-state index is 13.9. The van der Waals surface area contributed by atoms with E-state index in [1.807, 2.05) is 0 Å². The van der Waals surface area contributed by atoms with Crippen LogP contribution in [0.25, 0.3) is 11.4 Å². The third-order valence-corrected chi connectivity index (χ3v) is 3.09. The van der Waals surface area contributed by atoms with E-state index >= 15 is 0 Å². The summed E-state index contributed by atoms with van der Waals surface area (Å²) in [6, 6.07) is 7.32. The van der Waals surface area contributed by atoms with E-state index in [1.54, 1.807) is 24.5 Å². The van der Waals surface area contributed by atoms with E-state index in [9.17, 15) is 8.78 Å². The van der Waals surface area contributed by atoms with Gasteiger partial charge in [0.05, 0.1) is 11.8 Å². The number of hydrogen-bond donors (Lipinski definition) is 1. The molecule has 3 aromatic rings. The predicted molar refractivity (Wildman–Crippen MR) is 79.9 cm³/mol. The van der Waals surface area contributed by atoms with Gasteiger partial charge in [0.25, 0.3) is 0 Å². The van der Waals surface area contributed by atoms with Crippen LogP contribution in [0.4, 0.5) is 20.3 Å². The van der Waals surface area contributed by atoms with Crippen molar-refractivity contribution in [2.45, 2.75) is 0 Å². The number of anilines is 2. The summed E-state index contributed by atoms with van der Waals surface area (Å²) in [5, 5.41) is 3.14. The van der Waals surface area contributed by atoms with Gasteiger partial charge in [-0.25, -0.2) is 18.7 Å². The molecule has 0 saturated carbocycles. The smallest absolute Gasteiger partial charge is 0.184 e. The number of aromatic nitrogens is 3. The Morgan fingerprint density at radius 2 is 1.77 bits per heavy atom. The molecule has 0 spiro atoms. The molecule has 7 heteroatoms. The molecule has 0 amide bonds. The van der Waals surface area contributed by atoms with E-state index in [-0.39, 0.29) is 17.2 Å². The number of benzene rings is 1. The highest BCUT2D eigenvalue weighted by molar-refractivity contribution is 6.30. The topological polar surface area (TPSA) is 50.7 Å². The summed E-state index contributed by atoms with van der Waals surface area (Å²) in [7, 11) is 0. The van der Waals surface area contributed by atoms with Gasteiger partial charge >= 0.3 is 0 Å². The Balaban J connectivity index is 2.01. The van der Waals surface area contributed by atoms with Gasteiger partial charge < -0.3 is 5.32 Å². The molecule has 3 rings (SSSR count). The maximum atomic E-state index is 13.9. The number of hydrogen-bond acceptors (Lipinski definition) is 4. The highest BCUT2D eigenvalue weighted by Crippen LogP contribution is 2.25. The lowest BCUT2D eigenvalue weighted by Gasteiger charge is -2.08. The van der Waals surface area contributed by atoms with Crippen LogP contribution in [-0.4, -0.2) is 15.0 Å². The molecule has 110 valence electrons. The Morgan fingerprint density at radius 1 is 1.00 bits per heavy atom. The van der Waals surface area contributed by atoms with Gasteiger partial charge in [-0.1, -0.05) is 11.6 Å². The van der Waals surface area contributed by atoms with E-state index in [1.165, 1.54) is 18.2 Å². The van der Waals surface area contributed by atoms with Crippen LogP contribution in [0.1, 0.15) is 0 Å². The molecule has 0 atom stereocenters. The van der Waals surface area contributed by atoms with Crippen molar-refractivity contribution in [1.82, 2.24) is 15.0 Å². The minimum absolute atomic E-state index is 0.0398. The fraction of sp³-hybridized carbons (Fsp3) is 0. The lowest BCUT2D eigenvalue weighted by atomic mass is 10.2. The molecule has 0 bridgehead atoms. The highest BCUT2D eigenvalue weighted by atomic mass is 35.5. The van der Waals surface area contributed by atoms with E-state index < -0.39 is 11.6 Å². The van der Waals surface area contributed by atoms with Crippen LogP contribution in [-0.2, 0) is 0 Å². The van der Waals surface area contributed by atoms with E-state index in [2.05, 4.69) is 20.3 Å². The van der Waals surface area contributed by atoms with E-state index in [0.29, 0.717) is 10.7 Å². The van der Waals surface area contributed by atoms with Crippen LogP contribution in [0.3, 0.4) is 0 Å². The molecule has 4 nitrogen and oxygen atoms in total. The number of nitrogens with zero attached hydrogens (tertiary/aromatic N) is 3. The number of nitrogens with one attached hydrogen (secondary N) is 1. The van der Waals surface area contributed by atoms with Gasteiger partial charge in [-0.2, -0.15) is 0 Å². The Hall–Kier alpha value is -2.60. The van der Waals surface area contributed by atoms with Gasteiger partial charge in [-0.15, -0.1) is 0 Å². The Kier molecular flexibility index (Phi) is 3.93. The van der Waals surface area contributed by atoms with E-state index in [4.69, 9.17) is 11.6 Å². The third-order valence-electron chi connectivity index (χ3n) is 2.86. The third kappa shape index (κ3) is 3.01. The Bertz CT molecular complexity index is 812. The summed E-state index contributed by atoms with van der Waals surface area (Å²) >= 11 is 5.85. The van der Waals surface area contributed by atoms with Crippen LogP contribution < -0.4 is 5.32 Å². The monoisotopic (exact) mass is 318 g/mol. The van der Waals surface area contributed by atoms with Crippen LogP contribution in [0.2, 0.25) is 5.02 Å². The van der Waals surface area contributed by atoms with Gasteiger partial charge in [0.2, 0.25) is 0 Å². The predicted octanol–water partition coefficient (Wildman–Crippen LogP) is 4.21. The summed E-state index contributed by atoms with van der Waals surface area (Å²) in [6.45, 7) is 0. The average Bonchev–Trinajstić information content (AvgIpc) is 2.53. The number of rotatable bonds is 3. The minimum atomic E-state index is -0.650. The Morgan fingerprint density at radius 3 is 2.55 bits per heavy atom. The van der Waals surface area contributed by atoms with Crippen molar-refractivity contribution in [2.24, 2.45) is 0 Å². The highest BCUT2D eigenvalue weighted by Gasteiger charge is 2.13. The average molecular weight is 319 g/mol. The molecule has 2 aromatic heterocycles. The second kappa shape index (κ2) is 6.03. The number of halogens is 3. The molecular weight excluding hydrogens is 310 g/mol. The van der Waals surface area contributed by atoms with Crippen LogP contribution in [0.15, 0.2) is 48.9 Å². The van der Waals surface area contributed by atoms with Crippen molar-refractivity contribution in [3.05, 3.63) is 65.6 Å². The molecular formula is C15H9ClF2N4. The van der Waals surface area contributed by atoms with Gasteiger partial charge in [0.15, 0.2) is 17.5 Å². The normalized spacial score (nSPS) is 10.5. The summed E-state index contributed by atoms with van der Waals surface area (Å²) < 4.78 is 27.7. The van der Waals surface area contributed by atoms with Crippen molar-refractivity contribution in [3.8, 4) is 11.4 Å². The lowest BCUT2D eigenvalue weighted by Crippen LogP contribution is -2.01. The number of pyridine rings is 1. The van der Waals surface area contributed by atoms with Crippen LogP contribution in [0.5, 0.6) is 0 Å². The van der Waals surface area contributed by atoms with Crippen molar-refractivity contribution in [1.29, 1.82) is 0 Å². The fourth-order valence-corrected chi connectivity index (χ4v) is 2.00. The molecule has 2 heterocycles. The summed E-state index contributed by atoms with van der Waals surface area (Å²) in [4.78, 5) is 11.7. The largest absolute Gasteiger partial charge is 0.338 e. The molecule has 0 fully saturated rings. The first-order valence-corrected chi connectivity index (χ1v) is 6.66. The minimum Gasteiger partial charge on any atom is -0.338 e. The first kappa shape index (κ1) is 14.3. The zero-order valence-electron chi connectivity index (χ0n) is 11.1. The molecule has 0 unspecified atom stereocenters. The Labute approximate surface area is 129 Å². The maximum Gasteiger partial charge on any atom is 0.184 e. The summed E-state index contributed by atoms with van der Waals surface area (Å²) in [5.74, 6) is -1.21. The summed E-state index contributed by atoms with van der Waals surface area (Å²) in [5.41, 5.74) is 0.704. The van der Waals surface area contributed by atoms with Crippen molar-refractivity contribution in [2.75, 3.05) is 5.32 Å². The van der Waals surface area contributed by atoms with Gasteiger partial charge in [0.1, 0.15) is 5.82 Å². The fourth-order valence-electron chi connectivity index (χ4n) is 1.83. The molecule has 0 saturated heterocycles. The molecule has 1 aromatic carbocycles. The molecule has 22 heavy (non-hydrogen) atoms. The van der Waals surface area contributed by atoms with Crippen molar-refractivity contribution in [3.63, 3.8) is 0 Å². The van der Waals surface area contributed by atoms with Crippen molar-refractivity contribution >= 4 is 23.1 Å². The molecule has 0 aliphatic carbocycles. The molecule has 1 N–H and O–H groups in total. The van der Waals surface area contributed by atoms with Gasteiger partial charge in [0, 0.05) is 23.1 Å². The zero-order chi connectivity index (χ0) is 15.5. The summed E-state index contributed by atoms with van der Waals surface area (Å²) in [6.07, 6.45) is 4.09. The van der Waals surface area contributed by atoms with E-state index in [0.717, 1.165) is 6.20 Å². The van der Waals surface area contributed by atoms with Gasteiger partial charge in [-0.3, -0.25) is 4.98 Å². The second-order valence-electron chi connectivity index (χ2n) is 4.38. The quantitative estimate of drug-likeness (QED) is 0.785. The van der Waals surface area contributed by atoms with Crippen LogP contribution >= 0.6 is 11.6 Å². The SMILES string of the molecule is Fc1ccc(Cl)cc1-c1ncc(F)c(Nc2ccncc2)n1. The van der Waals surface area contributed by atoms with Crippen LogP contribution in [0, 0.1) is 11.6 Å². The first-order chi connectivity index (χ1) is 10.6. The molecule has 0 radical (unpaired) electrons. The molecule has 0 aliphatic heterocycles. The standard InChI is InChI=1S/C15H9ClF2N4/c16-9-1-2-12(17)11(7-9)14-20-8-13(18)15(22-14)21-10-3-5-19-6-4-10/h1-8H,(H,19,20,21,22). The van der Waals surface area contributed by atoms with Gasteiger partial charge in [-0.05, 0) is 30.3 Å². The second-order valence-corrected chi connectivity index (χ2v) is 4.81. The zero-order valence-corrected chi connectivity index (χ0v) is 11.9. The first-order valence-electron chi connectivity index (χ1n) is 6.28. The lowest BCUT2D eigenvalue weighted by molar-refractivity contribution is 0.616.